The van der Waals surface area contributed by atoms with Gasteiger partial charge in [-0.2, -0.15) is 0 Å². The van der Waals surface area contributed by atoms with Gasteiger partial charge in [0.25, 0.3) is 0 Å². The highest BCUT2D eigenvalue weighted by atomic mass is 32.1. The van der Waals surface area contributed by atoms with Crippen LogP contribution in [0, 0.1) is 5.41 Å². The third-order valence-corrected chi connectivity index (χ3v) is 4.55. The fraction of sp³-hybridized carbons (Fsp3) is 0.474. The number of rotatable bonds is 3. The van der Waals surface area contributed by atoms with Crippen molar-refractivity contribution >= 4 is 36.1 Å². The van der Waals surface area contributed by atoms with Crippen molar-refractivity contribution < 1.29 is 0 Å². The van der Waals surface area contributed by atoms with Crippen molar-refractivity contribution in [1.29, 1.82) is 0 Å². The summed E-state index contributed by atoms with van der Waals surface area (Å²) in [5.41, 5.74) is 1.46. The number of thiophene rings is 1. The van der Waals surface area contributed by atoms with E-state index in [4.69, 9.17) is 0 Å². The molecular formula is C19H28S. The van der Waals surface area contributed by atoms with Crippen molar-refractivity contribution in [2.45, 2.75) is 53.9 Å². The Morgan fingerprint density at radius 3 is 2.50 bits per heavy atom. The van der Waals surface area contributed by atoms with Crippen molar-refractivity contribution in [3.8, 4) is 0 Å². The number of unbranched alkanes of at least 4 members (excludes halogenated alkanes) is 2. The summed E-state index contributed by atoms with van der Waals surface area (Å²) in [6, 6.07) is 0. The lowest BCUT2D eigenvalue weighted by Crippen LogP contribution is -2.18. The van der Waals surface area contributed by atoms with Gasteiger partial charge >= 0.3 is 0 Å². The molecule has 0 spiro atoms. The van der Waals surface area contributed by atoms with Gasteiger partial charge in [0.2, 0.25) is 0 Å². The summed E-state index contributed by atoms with van der Waals surface area (Å²) in [4.78, 5) is 1.35. The Hall–Kier alpha value is -1.08. The second kappa shape index (κ2) is 7.64. The van der Waals surface area contributed by atoms with Gasteiger partial charge < -0.3 is 0 Å². The highest BCUT2D eigenvalue weighted by Gasteiger charge is 2.14. The maximum Gasteiger partial charge on any atom is 0.0352 e. The van der Waals surface area contributed by atoms with E-state index in [1.165, 1.54) is 33.0 Å². The van der Waals surface area contributed by atoms with E-state index < -0.39 is 0 Å². The Morgan fingerprint density at radius 2 is 1.85 bits per heavy atom. The Kier molecular flexibility index (Phi) is 6.48. The van der Waals surface area contributed by atoms with E-state index in [0.717, 1.165) is 6.42 Å². The zero-order valence-electron chi connectivity index (χ0n) is 13.6. The van der Waals surface area contributed by atoms with E-state index in [-0.39, 0.29) is 5.41 Å². The summed E-state index contributed by atoms with van der Waals surface area (Å²) in [6.07, 6.45) is 15.1. The van der Waals surface area contributed by atoms with Crippen LogP contribution in [0.4, 0.5) is 0 Å². The zero-order chi connectivity index (χ0) is 15.2. The predicted molar refractivity (Wildman–Crippen MR) is 96.3 cm³/mol. The fourth-order valence-corrected chi connectivity index (χ4v) is 3.18. The van der Waals surface area contributed by atoms with Crippen LogP contribution in [0.1, 0.15) is 64.3 Å². The van der Waals surface area contributed by atoms with Crippen LogP contribution in [0.2, 0.25) is 0 Å². The Labute approximate surface area is 128 Å². The maximum absolute atomic E-state index is 4.26. The maximum atomic E-state index is 4.26. The molecule has 0 bridgehead atoms. The van der Waals surface area contributed by atoms with Gasteiger partial charge in [-0.15, -0.1) is 11.3 Å². The van der Waals surface area contributed by atoms with E-state index in [2.05, 4.69) is 57.7 Å². The first-order valence-corrected chi connectivity index (χ1v) is 8.55. The van der Waals surface area contributed by atoms with Gasteiger partial charge in [0.15, 0.2) is 0 Å². The van der Waals surface area contributed by atoms with Crippen LogP contribution < -0.4 is 9.75 Å². The van der Waals surface area contributed by atoms with E-state index >= 15 is 0 Å². The topological polar surface area (TPSA) is 0 Å². The summed E-state index contributed by atoms with van der Waals surface area (Å²) in [5.74, 6) is 0. The fourth-order valence-electron chi connectivity index (χ4n) is 2.07. The molecule has 1 aliphatic rings. The molecule has 2 rings (SSSR count). The average Bonchev–Trinajstić information content (AvgIpc) is 2.64. The van der Waals surface area contributed by atoms with Crippen LogP contribution in [0.3, 0.4) is 0 Å². The molecule has 1 heteroatoms. The molecule has 0 radical (unpaired) electrons. The molecule has 1 aliphatic carbocycles. The van der Waals surface area contributed by atoms with Gasteiger partial charge in [0.05, 0.1) is 0 Å². The minimum Gasteiger partial charge on any atom is -0.136 e. The molecular weight excluding hydrogens is 260 g/mol. The largest absolute Gasteiger partial charge is 0.136 e. The number of fused-ring (bicyclic) bond motifs is 1. The molecule has 0 aromatic carbocycles. The van der Waals surface area contributed by atoms with Gasteiger partial charge in [-0.3, -0.25) is 0 Å². The molecule has 0 amide bonds. The van der Waals surface area contributed by atoms with E-state index in [1.54, 1.807) is 0 Å². The third-order valence-electron chi connectivity index (χ3n) is 3.34. The van der Waals surface area contributed by atoms with Gasteiger partial charge in [-0.1, -0.05) is 78.3 Å². The molecule has 1 aromatic heterocycles. The molecule has 0 fully saturated rings. The molecule has 1 aromatic rings. The van der Waals surface area contributed by atoms with E-state index in [0.29, 0.717) is 0 Å². The van der Waals surface area contributed by atoms with Crippen molar-refractivity contribution in [2.24, 2.45) is 5.41 Å². The quantitative estimate of drug-likeness (QED) is 0.669. The van der Waals surface area contributed by atoms with Crippen LogP contribution in [-0.4, -0.2) is 0 Å². The van der Waals surface area contributed by atoms with Gasteiger partial charge in [0, 0.05) is 14.8 Å². The molecule has 0 N–H and O–H groups in total. The normalized spacial score (nSPS) is 16.4. The molecule has 0 aliphatic heterocycles. The van der Waals surface area contributed by atoms with Gasteiger partial charge in [-0.05, 0) is 23.3 Å². The lowest BCUT2D eigenvalue weighted by Gasteiger charge is -2.12. The van der Waals surface area contributed by atoms with Crippen LogP contribution in [-0.2, 0) is 0 Å². The first-order valence-electron chi connectivity index (χ1n) is 7.74. The summed E-state index contributed by atoms with van der Waals surface area (Å²) in [6.45, 7) is 14.9. The first kappa shape index (κ1) is 17.0. The summed E-state index contributed by atoms with van der Waals surface area (Å²) >= 11 is 1.87. The van der Waals surface area contributed by atoms with E-state index in [1.807, 2.05) is 25.2 Å². The smallest absolute Gasteiger partial charge is 0.0352 e. The molecule has 0 nitrogen and oxygen atoms in total. The average molecular weight is 288 g/mol. The lowest BCUT2D eigenvalue weighted by molar-refractivity contribution is 0.633. The molecule has 0 atom stereocenters. The minimum atomic E-state index is 0.150. The van der Waals surface area contributed by atoms with Crippen molar-refractivity contribution in [3.05, 3.63) is 32.3 Å². The SMILES string of the molecule is C=c1c2c(s/c1=C/CCCC)C=CC(C)(C)C=C2.CC. The molecule has 20 heavy (non-hydrogen) atoms. The number of hydrogen-bond donors (Lipinski definition) is 0. The van der Waals surface area contributed by atoms with E-state index in [9.17, 15) is 0 Å². The molecule has 0 unspecified atom stereocenters. The lowest BCUT2D eigenvalue weighted by atomic mass is 9.93. The van der Waals surface area contributed by atoms with Crippen molar-refractivity contribution in [2.75, 3.05) is 0 Å². The summed E-state index contributed by atoms with van der Waals surface area (Å²) < 4.78 is 1.35. The Balaban J connectivity index is 0.000000956. The zero-order valence-corrected chi connectivity index (χ0v) is 14.4. The van der Waals surface area contributed by atoms with Crippen molar-refractivity contribution in [3.63, 3.8) is 0 Å². The van der Waals surface area contributed by atoms with Crippen LogP contribution in [0.5, 0.6) is 0 Å². The Morgan fingerprint density at radius 1 is 1.20 bits per heavy atom. The Bertz CT molecular complexity index is 582. The molecule has 0 saturated heterocycles. The summed E-state index contributed by atoms with van der Waals surface area (Å²) in [7, 11) is 0. The second-order valence-corrected chi connectivity index (χ2v) is 6.64. The predicted octanol–water partition coefficient (Wildman–Crippen LogP) is 5.22. The molecule has 110 valence electrons. The molecule has 0 saturated carbocycles. The van der Waals surface area contributed by atoms with Gasteiger partial charge in [-0.25, -0.2) is 0 Å². The highest BCUT2D eigenvalue weighted by Crippen LogP contribution is 2.27. The first-order chi connectivity index (χ1) is 9.53. The number of hydrogen-bond acceptors (Lipinski definition) is 1. The standard InChI is InChI=1S/C17H22S.C2H6/c1-5-6-7-8-15-13(2)14-9-11-17(3,4)12-10-16(14)18-15;1-2/h8-12H,2,5-7H2,1,3-4H3;1-2H3/b15-8+;. The molecule has 1 heterocycles. The summed E-state index contributed by atoms with van der Waals surface area (Å²) in [5, 5.41) is 1.20. The van der Waals surface area contributed by atoms with Crippen LogP contribution in [0.25, 0.3) is 24.8 Å². The highest BCUT2D eigenvalue weighted by molar-refractivity contribution is 7.11. The third kappa shape index (κ3) is 4.21. The van der Waals surface area contributed by atoms with Gasteiger partial charge in [0.1, 0.15) is 0 Å². The minimum absolute atomic E-state index is 0.150. The number of allylic oxidation sites excluding steroid dienone is 2. The van der Waals surface area contributed by atoms with Crippen LogP contribution >= 0.6 is 11.3 Å². The van der Waals surface area contributed by atoms with Crippen molar-refractivity contribution in [1.82, 2.24) is 0 Å². The second-order valence-electron chi connectivity index (χ2n) is 5.56. The van der Waals surface area contributed by atoms with Crippen LogP contribution in [0.15, 0.2) is 12.2 Å². The monoisotopic (exact) mass is 288 g/mol.